The zero-order valence-electron chi connectivity index (χ0n) is 20.8. The summed E-state index contributed by atoms with van der Waals surface area (Å²) in [6.07, 6.45) is -1.45. The maximum Gasteiger partial charge on any atom is 0.407 e. The van der Waals surface area contributed by atoms with Crippen LogP contribution in [0.1, 0.15) is 29.5 Å². The van der Waals surface area contributed by atoms with Crippen molar-refractivity contribution in [3.05, 3.63) is 95.6 Å². The highest BCUT2D eigenvalue weighted by molar-refractivity contribution is 5.96. The first-order valence-electron chi connectivity index (χ1n) is 12.2. The van der Waals surface area contributed by atoms with E-state index < -0.39 is 30.1 Å². The highest BCUT2D eigenvalue weighted by Gasteiger charge is 2.29. The van der Waals surface area contributed by atoms with Gasteiger partial charge in [0.2, 0.25) is 0 Å². The lowest BCUT2D eigenvalue weighted by Gasteiger charge is -2.21. The smallest absolute Gasteiger partial charge is 0.407 e. The molecule has 0 bridgehead atoms. The Bertz CT molecular complexity index is 1320. The zero-order valence-corrected chi connectivity index (χ0v) is 20.8. The van der Waals surface area contributed by atoms with Crippen LogP contribution in [-0.4, -0.2) is 48.4 Å². The number of ether oxygens (including phenoxy) is 2. The SMILES string of the molecule is C[C@@H](OCc1ccccc1)[C@H](NC(=O)C#CCNC(=O)OCC1c2ccccc2-c2ccccc21)C(=O)O. The van der Waals surface area contributed by atoms with Crippen LogP contribution in [0, 0.1) is 11.8 Å². The van der Waals surface area contributed by atoms with Gasteiger partial charge in [0.15, 0.2) is 6.04 Å². The van der Waals surface area contributed by atoms with Crippen molar-refractivity contribution >= 4 is 18.0 Å². The molecular weight excluding hydrogens is 484 g/mol. The highest BCUT2D eigenvalue weighted by atomic mass is 16.5. The van der Waals surface area contributed by atoms with Crippen LogP contribution in [0.5, 0.6) is 0 Å². The van der Waals surface area contributed by atoms with Crippen LogP contribution in [0.2, 0.25) is 0 Å². The molecule has 2 amide bonds. The van der Waals surface area contributed by atoms with E-state index in [1.807, 2.05) is 66.7 Å². The summed E-state index contributed by atoms with van der Waals surface area (Å²) in [5, 5.41) is 14.3. The van der Waals surface area contributed by atoms with Crippen LogP contribution in [0.15, 0.2) is 78.9 Å². The van der Waals surface area contributed by atoms with Gasteiger partial charge < -0.3 is 25.2 Å². The molecule has 8 heteroatoms. The van der Waals surface area contributed by atoms with E-state index in [2.05, 4.69) is 34.6 Å². The molecular formula is C30H28N2O6. The fourth-order valence-electron chi connectivity index (χ4n) is 4.35. The van der Waals surface area contributed by atoms with Gasteiger partial charge in [-0.25, -0.2) is 9.59 Å². The fourth-order valence-corrected chi connectivity index (χ4v) is 4.35. The Morgan fingerprint density at radius 2 is 1.53 bits per heavy atom. The number of fused-ring (bicyclic) bond motifs is 3. The molecule has 0 unspecified atom stereocenters. The van der Waals surface area contributed by atoms with Crippen molar-refractivity contribution in [2.24, 2.45) is 0 Å². The number of aliphatic carboxylic acids is 1. The number of carboxylic acid groups (broad SMARTS) is 1. The first-order chi connectivity index (χ1) is 18.4. The van der Waals surface area contributed by atoms with Crippen LogP contribution >= 0.6 is 0 Å². The maximum atomic E-state index is 12.2. The first-order valence-corrected chi connectivity index (χ1v) is 12.2. The summed E-state index contributed by atoms with van der Waals surface area (Å²) >= 11 is 0. The number of alkyl carbamates (subject to hydrolysis) is 1. The summed E-state index contributed by atoms with van der Waals surface area (Å²) in [6, 6.07) is 24.1. The van der Waals surface area contributed by atoms with Crippen molar-refractivity contribution in [1.29, 1.82) is 0 Å². The molecule has 0 saturated heterocycles. The van der Waals surface area contributed by atoms with Gasteiger partial charge in [0, 0.05) is 5.92 Å². The van der Waals surface area contributed by atoms with E-state index in [1.54, 1.807) is 6.92 Å². The molecule has 1 aliphatic rings. The Hall–Kier alpha value is -4.61. The van der Waals surface area contributed by atoms with Gasteiger partial charge >= 0.3 is 12.1 Å². The fraction of sp³-hybridized carbons (Fsp3) is 0.233. The minimum Gasteiger partial charge on any atom is -0.480 e. The van der Waals surface area contributed by atoms with Gasteiger partial charge in [0.25, 0.3) is 5.91 Å². The average molecular weight is 513 g/mol. The predicted molar refractivity (Wildman–Crippen MR) is 141 cm³/mol. The third-order valence-electron chi connectivity index (χ3n) is 6.24. The van der Waals surface area contributed by atoms with Gasteiger partial charge in [-0.05, 0) is 40.7 Å². The van der Waals surface area contributed by atoms with Crippen molar-refractivity contribution in [1.82, 2.24) is 10.6 Å². The molecule has 0 heterocycles. The summed E-state index contributed by atoms with van der Waals surface area (Å²) in [6.45, 7) is 1.79. The van der Waals surface area contributed by atoms with Gasteiger partial charge in [0.1, 0.15) is 6.61 Å². The molecule has 1 aliphatic carbocycles. The second-order valence-electron chi connectivity index (χ2n) is 8.77. The Morgan fingerprint density at radius 1 is 0.921 bits per heavy atom. The molecule has 0 fully saturated rings. The summed E-state index contributed by atoms with van der Waals surface area (Å²) in [5.41, 5.74) is 5.36. The predicted octanol–water partition coefficient (Wildman–Crippen LogP) is 3.70. The van der Waals surface area contributed by atoms with Crippen LogP contribution in [0.4, 0.5) is 4.79 Å². The number of benzene rings is 3. The molecule has 4 rings (SSSR count). The number of carbonyl (C=O) groups excluding carboxylic acids is 2. The third kappa shape index (κ3) is 6.58. The zero-order chi connectivity index (χ0) is 26.9. The monoisotopic (exact) mass is 512 g/mol. The van der Waals surface area contributed by atoms with E-state index in [-0.39, 0.29) is 25.7 Å². The molecule has 3 aromatic rings. The maximum absolute atomic E-state index is 12.2. The van der Waals surface area contributed by atoms with E-state index in [1.165, 1.54) is 0 Å². The number of nitrogens with one attached hydrogen (secondary N) is 2. The molecule has 0 aliphatic heterocycles. The van der Waals surface area contributed by atoms with Gasteiger partial charge in [-0.1, -0.05) is 84.8 Å². The quantitative estimate of drug-likeness (QED) is 0.377. The lowest BCUT2D eigenvalue weighted by atomic mass is 9.98. The molecule has 194 valence electrons. The number of amides is 2. The average Bonchev–Trinajstić information content (AvgIpc) is 3.25. The molecule has 0 saturated carbocycles. The molecule has 0 aromatic heterocycles. The van der Waals surface area contributed by atoms with E-state index in [4.69, 9.17) is 9.47 Å². The van der Waals surface area contributed by atoms with Crippen molar-refractivity contribution in [3.8, 4) is 23.0 Å². The molecule has 3 N–H and O–H groups in total. The molecule has 0 radical (unpaired) electrons. The summed E-state index contributed by atoms with van der Waals surface area (Å²) in [5.74, 6) is 2.70. The number of carboxylic acids is 1. The lowest BCUT2D eigenvalue weighted by molar-refractivity contribution is -0.145. The third-order valence-corrected chi connectivity index (χ3v) is 6.24. The largest absolute Gasteiger partial charge is 0.480 e. The van der Waals surface area contributed by atoms with Crippen LogP contribution in [0.3, 0.4) is 0 Å². The first kappa shape index (κ1) is 26.5. The minimum atomic E-state index is -1.28. The van der Waals surface area contributed by atoms with Crippen LogP contribution in [-0.2, 0) is 25.7 Å². The number of carbonyl (C=O) groups is 3. The van der Waals surface area contributed by atoms with Crippen molar-refractivity contribution in [2.75, 3.05) is 13.2 Å². The standard InChI is InChI=1S/C30H28N2O6/c1-20(37-18-21-10-3-2-4-11-21)28(29(34)35)32-27(33)16-9-17-31-30(36)38-19-26-24-14-7-5-12-22(24)23-13-6-8-15-25(23)26/h2-8,10-15,20,26,28H,17-19H2,1H3,(H,31,36)(H,32,33)(H,34,35)/t20-,28+/m1/s1. The van der Waals surface area contributed by atoms with Gasteiger partial charge in [0.05, 0.1) is 19.3 Å². The Labute approximate surface area is 221 Å². The summed E-state index contributed by atoms with van der Waals surface area (Å²) in [7, 11) is 0. The molecule has 2 atom stereocenters. The van der Waals surface area contributed by atoms with Crippen molar-refractivity contribution in [3.63, 3.8) is 0 Å². The Kier molecular flexibility index (Phi) is 8.75. The summed E-state index contributed by atoms with van der Waals surface area (Å²) < 4.78 is 11.0. The minimum absolute atomic E-state index is 0.0657. The Morgan fingerprint density at radius 3 is 2.16 bits per heavy atom. The van der Waals surface area contributed by atoms with Gasteiger partial charge in [-0.3, -0.25) is 4.79 Å². The number of hydrogen-bond acceptors (Lipinski definition) is 5. The van der Waals surface area contributed by atoms with E-state index in [9.17, 15) is 19.5 Å². The molecule has 38 heavy (non-hydrogen) atoms. The van der Waals surface area contributed by atoms with Crippen LogP contribution < -0.4 is 10.6 Å². The van der Waals surface area contributed by atoms with E-state index in [0.717, 1.165) is 27.8 Å². The molecule has 3 aromatic carbocycles. The molecule has 8 nitrogen and oxygen atoms in total. The highest BCUT2D eigenvalue weighted by Crippen LogP contribution is 2.44. The van der Waals surface area contributed by atoms with Crippen molar-refractivity contribution < 1.29 is 29.0 Å². The molecule has 0 spiro atoms. The van der Waals surface area contributed by atoms with Gasteiger partial charge in [-0.15, -0.1) is 0 Å². The Balaban J connectivity index is 1.23. The number of rotatable bonds is 9. The van der Waals surface area contributed by atoms with E-state index in [0.29, 0.717) is 0 Å². The van der Waals surface area contributed by atoms with Gasteiger partial charge in [-0.2, -0.15) is 0 Å². The van der Waals surface area contributed by atoms with Crippen LogP contribution in [0.25, 0.3) is 11.1 Å². The second-order valence-corrected chi connectivity index (χ2v) is 8.77. The number of hydrogen-bond donors (Lipinski definition) is 3. The second kappa shape index (κ2) is 12.6. The topological polar surface area (TPSA) is 114 Å². The lowest BCUT2D eigenvalue weighted by Crippen LogP contribution is -2.48. The van der Waals surface area contributed by atoms with Crippen molar-refractivity contribution in [2.45, 2.75) is 31.6 Å². The summed E-state index contributed by atoms with van der Waals surface area (Å²) in [4.78, 5) is 36.0. The normalized spacial score (nSPS) is 13.2. The van der Waals surface area contributed by atoms with E-state index >= 15 is 0 Å².